The van der Waals surface area contributed by atoms with Gasteiger partial charge in [-0.25, -0.2) is 0 Å². The first-order valence-electron chi connectivity index (χ1n) is 5.82. The van der Waals surface area contributed by atoms with Gasteiger partial charge in [0.15, 0.2) is 0 Å². The summed E-state index contributed by atoms with van der Waals surface area (Å²) in [5.41, 5.74) is -0.209. The number of hydrogen-bond donors (Lipinski definition) is 0. The summed E-state index contributed by atoms with van der Waals surface area (Å²) in [4.78, 5) is 0. The fourth-order valence-electron chi connectivity index (χ4n) is 1.68. The van der Waals surface area contributed by atoms with Crippen LogP contribution in [0.1, 0.15) is 20.8 Å². The fraction of sp³-hybridized carbons (Fsp3) is 0.538. The number of benzene rings is 1. The van der Waals surface area contributed by atoms with E-state index in [1.54, 1.807) is 21.3 Å². The van der Waals surface area contributed by atoms with Crippen LogP contribution in [0.2, 0.25) is 0 Å². The maximum atomic E-state index is 5.76. The Morgan fingerprint density at radius 1 is 0.833 bits per heavy atom. The van der Waals surface area contributed by atoms with Crippen LogP contribution in [0.3, 0.4) is 0 Å². The number of hydrogen-bond acceptors (Lipinski definition) is 4. The van der Waals surface area contributed by atoms with Gasteiger partial charge in [0.25, 0.3) is 0 Å². The average molecular weight is 270 g/mol. The highest BCUT2D eigenvalue weighted by Crippen LogP contribution is 2.17. The third kappa shape index (κ3) is 3.55. The lowest BCUT2D eigenvalue weighted by Crippen LogP contribution is -2.54. The lowest BCUT2D eigenvalue weighted by atomic mass is 10.2. The van der Waals surface area contributed by atoms with Crippen LogP contribution in [0, 0.1) is 0 Å². The first kappa shape index (κ1) is 15.2. The molecule has 102 valence electrons. The van der Waals surface area contributed by atoms with Gasteiger partial charge < -0.3 is 18.0 Å². The molecule has 5 heteroatoms. The van der Waals surface area contributed by atoms with Crippen LogP contribution >= 0.6 is 0 Å². The predicted octanol–water partition coefficient (Wildman–Crippen LogP) is 1.95. The summed E-state index contributed by atoms with van der Waals surface area (Å²) in [5.74, 6) is 0.817. The minimum absolute atomic E-state index is 0.209. The van der Waals surface area contributed by atoms with Crippen LogP contribution in [0.25, 0.3) is 0 Å². The molecule has 0 radical (unpaired) electrons. The van der Waals surface area contributed by atoms with Crippen molar-refractivity contribution in [3.63, 3.8) is 0 Å². The SMILES string of the molecule is CO[Si](OC)(OC)c1ccc(OC(C)(C)C)cc1. The van der Waals surface area contributed by atoms with Crippen LogP contribution in [0.5, 0.6) is 5.75 Å². The van der Waals surface area contributed by atoms with Crippen molar-refractivity contribution < 1.29 is 18.0 Å². The monoisotopic (exact) mass is 270 g/mol. The molecule has 1 aromatic rings. The number of rotatable bonds is 5. The molecule has 0 amide bonds. The van der Waals surface area contributed by atoms with E-state index in [1.807, 2.05) is 45.0 Å². The van der Waals surface area contributed by atoms with Gasteiger partial charge in [0, 0.05) is 26.5 Å². The lowest BCUT2D eigenvalue weighted by Gasteiger charge is -2.25. The molecule has 0 fully saturated rings. The summed E-state index contributed by atoms with van der Waals surface area (Å²) in [6, 6.07) is 7.65. The molecule has 1 rings (SSSR count). The Hall–Kier alpha value is -0.883. The second kappa shape index (κ2) is 5.84. The van der Waals surface area contributed by atoms with Gasteiger partial charge in [0.05, 0.1) is 0 Å². The van der Waals surface area contributed by atoms with Gasteiger partial charge >= 0.3 is 8.80 Å². The lowest BCUT2D eigenvalue weighted by molar-refractivity contribution is 0.130. The highest BCUT2D eigenvalue weighted by atomic mass is 28.4. The number of ether oxygens (including phenoxy) is 1. The fourth-order valence-corrected chi connectivity index (χ4v) is 3.47. The zero-order chi connectivity index (χ0) is 13.8. The second-order valence-corrected chi connectivity index (χ2v) is 7.82. The minimum atomic E-state index is -2.73. The zero-order valence-electron chi connectivity index (χ0n) is 11.9. The Labute approximate surface area is 110 Å². The zero-order valence-corrected chi connectivity index (χ0v) is 12.9. The molecule has 4 nitrogen and oxygen atoms in total. The van der Waals surface area contributed by atoms with Crippen molar-refractivity contribution in [3.8, 4) is 5.75 Å². The molecule has 0 unspecified atom stereocenters. The Kier molecular flexibility index (Phi) is 4.92. The first-order valence-corrected chi connectivity index (χ1v) is 7.54. The van der Waals surface area contributed by atoms with Gasteiger partial charge in [-0.1, -0.05) is 12.1 Å². The standard InChI is InChI=1S/C13H22O4Si/c1-13(2,3)17-11-7-9-12(10-8-11)18(14-4,15-5)16-6/h7-10H,1-6H3. The van der Waals surface area contributed by atoms with Gasteiger partial charge in [0.1, 0.15) is 11.4 Å². The van der Waals surface area contributed by atoms with Crippen molar-refractivity contribution in [2.24, 2.45) is 0 Å². The highest BCUT2D eigenvalue weighted by molar-refractivity contribution is 6.75. The van der Waals surface area contributed by atoms with E-state index in [4.69, 9.17) is 18.0 Å². The van der Waals surface area contributed by atoms with Gasteiger partial charge in [-0.3, -0.25) is 0 Å². The average Bonchev–Trinajstić information content (AvgIpc) is 2.32. The smallest absolute Gasteiger partial charge is 0.488 e. The maximum Gasteiger partial charge on any atom is 0.536 e. The first-order chi connectivity index (χ1) is 8.37. The summed E-state index contributed by atoms with van der Waals surface area (Å²) in [6.07, 6.45) is 0. The van der Waals surface area contributed by atoms with E-state index in [-0.39, 0.29) is 5.60 Å². The van der Waals surface area contributed by atoms with Crippen molar-refractivity contribution in [2.75, 3.05) is 21.3 Å². The third-order valence-corrected chi connectivity index (χ3v) is 5.09. The minimum Gasteiger partial charge on any atom is -0.488 e. The van der Waals surface area contributed by atoms with Crippen LogP contribution in [0.4, 0.5) is 0 Å². The van der Waals surface area contributed by atoms with Crippen molar-refractivity contribution >= 4 is 14.0 Å². The summed E-state index contributed by atoms with van der Waals surface area (Å²) in [6.45, 7) is 6.04. The summed E-state index contributed by atoms with van der Waals surface area (Å²) in [5, 5.41) is 0.913. The van der Waals surface area contributed by atoms with Crippen molar-refractivity contribution in [1.29, 1.82) is 0 Å². The van der Waals surface area contributed by atoms with Gasteiger partial charge in [-0.15, -0.1) is 0 Å². The molecular weight excluding hydrogens is 248 g/mol. The Morgan fingerprint density at radius 2 is 1.28 bits per heavy atom. The normalized spacial score (nSPS) is 12.6. The second-order valence-electron chi connectivity index (χ2n) is 4.91. The van der Waals surface area contributed by atoms with E-state index in [2.05, 4.69) is 0 Å². The molecule has 0 aliphatic heterocycles. The Morgan fingerprint density at radius 3 is 1.61 bits per heavy atom. The van der Waals surface area contributed by atoms with Crippen molar-refractivity contribution in [2.45, 2.75) is 26.4 Å². The molecule has 0 N–H and O–H groups in total. The summed E-state index contributed by atoms with van der Waals surface area (Å²) >= 11 is 0. The van der Waals surface area contributed by atoms with Gasteiger partial charge in [-0.05, 0) is 32.9 Å². The van der Waals surface area contributed by atoms with Gasteiger partial charge in [-0.2, -0.15) is 0 Å². The van der Waals surface area contributed by atoms with Crippen LogP contribution in [0.15, 0.2) is 24.3 Å². The molecular formula is C13H22O4Si. The van der Waals surface area contributed by atoms with E-state index in [9.17, 15) is 0 Å². The molecule has 0 spiro atoms. The van der Waals surface area contributed by atoms with Crippen LogP contribution in [-0.4, -0.2) is 35.7 Å². The third-order valence-electron chi connectivity index (χ3n) is 2.44. The molecule has 0 aliphatic carbocycles. The van der Waals surface area contributed by atoms with Crippen molar-refractivity contribution in [1.82, 2.24) is 0 Å². The van der Waals surface area contributed by atoms with E-state index in [0.717, 1.165) is 10.9 Å². The van der Waals surface area contributed by atoms with Crippen LogP contribution in [-0.2, 0) is 13.3 Å². The van der Waals surface area contributed by atoms with Gasteiger partial charge in [0.2, 0.25) is 0 Å². The van der Waals surface area contributed by atoms with Crippen LogP contribution < -0.4 is 9.92 Å². The molecule has 0 heterocycles. The van der Waals surface area contributed by atoms with E-state index in [0.29, 0.717) is 0 Å². The highest BCUT2D eigenvalue weighted by Gasteiger charge is 2.40. The molecule has 18 heavy (non-hydrogen) atoms. The van der Waals surface area contributed by atoms with E-state index in [1.165, 1.54) is 0 Å². The summed E-state index contributed by atoms with van der Waals surface area (Å²) < 4.78 is 22.0. The molecule has 0 saturated heterocycles. The molecule has 1 aromatic carbocycles. The Balaban J connectivity index is 2.94. The largest absolute Gasteiger partial charge is 0.536 e. The molecule has 0 atom stereocenters. The molecule has 0 aromatic heterocycles. The quantitative estimate of drug-likeness (QED) is 0.766. The Bertz CT molecular complexity index is 357. The predicted molar refractivity (Wildman–Crippen MR) is 73.2 cm³/mol. The molecule has 0 saturated carbocycles. The molecule has 0 aliphatic rings. The maximum absolute atomic E-state index is 5.76. The topological polar surface area (TPSA) is 36.9 Å². The van der Waals surface area contributed by atoms with E-state index < -0.39 is 8.80 Å². The van der Waals surface area contributed by atoms with E-state index >= 15 is 0 Å². The van der Waals surface area contributed by atoms with Crippen molar-refractivity contribution in [3.05, 3.63) is 24.3 Å². The summed E-state index contributed by atoms with van der Waals surface area (Å²) in [7, 11) is 2.06. The molecule has 0 bridgehead atoms.